The molecule has 26 heavy (non-hydrogen) atoms. The fraction of sp³-hybridized carbons (Fsp3) is 0.647. The van der Waals surface area contributed by atoms with Crippen LogP contribution in [0, 0.1) is 13.8 Å². The summed E-state index contributed by atoms with van der Waals surface area (Å²) in [6.07, 6.45) is 2.46. The van der Waals surface area contributed by atoms with Gasteiger partial charge in [-0.05, 0) is 39.2 Å². The molecule has 0 amide bonds. The van der Waals surface area contributed by atoms with E-state index in [2.05, 4.69) is 9.71 Å². The number of aromatic nitrogens is 1. The number of hydrogen-bond donors (Lipinski definition) is 2. The quantitative estimate of drug-likeness (QED) is 0.559. The van der Waals surface area contributed by atoms with Crippen LogP contribution in [0.4, 0.5) is 0 Å². The Balaban J connectivity index is 2.08. The Kier molecular flexibility index (Phi) is 6.25. The SMILES string of the molecule is COC(=O)c1c(C)[nH]c(C(=O)[C@H](C)N2CCC(NS(C)(=O)=O)CC2)c1C. The van der Waals surface area contributed by atoms with E-state index in [1.54, 1.807) is 13.8 Å². The lowest BCUT2D eigenvalue weighted by Gasteiger charge is -2.35. The number of sulfonamides is 1. The number of rotatable bonds is 6. The van der Waals surface area contributed by atoms with Crippen LogP contribution < -0.4 is 4.72 Å². The Bertz CT molecular complexity index is 792. The average molecular weight is 385 g/mol. The molecule has 8 nitrogen and oxygen atoms in total. The van der Waals surface area contributed by atoms with Crippen LogP contribution in [0.25, 0.3) is 0 Å². The minimum atomic E-state index is -3.22. The van der Waals surface area contributed by atoms with E-state index in [1.165, 1.54) is 7.11 Å². The zero-order chi connectivity index (χ0) is 19.6. The fourth-order valence-electron chi connectivity index (χ4n) is 3.49. The second-order valence-electron chi connectivity index (χ2n) is 6.86. The number of nitrogens with one attached hydrogen (secondary N) is 2. The van der Waals surface area contributed by atoms with Gasteiger partial charge in [0.15, 0.2) is 5.78 Å². The molecular formula is C17H27N3O5S. The largest absolute Gasteiger partial charge is 0.465 e. The Morgan fingerprint density at radius 1 is 1.27 bits per heavy atom. The third-order valence-electron chi connectivity index (χ3n) is 4.91. The number of ether oxygens (including phenoxy) is 1. The van der Waals surface area contributed by atoms with E-state index < -0.39 is 16.0 Å². The van der Waals surface area contributed by atoms with Crippen molar-refractivity contribution in [2.45, 2.75) is 45.7 Å². The molecule has 1 saturated heterocycles. The van der Waals surface area contributed by atoms with Gasteiger partial charge in [-0.3, -0.25) is 9.69 Å². The first-order chi connectivity index (χ1) is 12.0. The summed E-state index contributed by atoms with van der Waals surface area (Å²) in [5.41, 5.74) is 2.03. The summed E-state index contributed by atoms with van der Waals surface area (Å²) in [6, 6.07) is -0.458. The number of H-pyrrole nitrogens is 1. The standard InChI is InChI=1S/C17H27N3O5S/c1-10-14(17(22)25-4)11(2)18-15(10)16(21)12(3)20-8-6-13(7-9-20)19-26(5,23)24/h12-13,18-19H,6-9H2,1-5H3/t12-/m0/s1. The second-order valence-corrected chi connectivity index (χ2v) is 8.64. The number of piperidine rings is 1. The molecule has 2 N–H and O–H groups in total. The van der Waals surface area contributed by atoms with E-state index in [9.17, 15) is 18.0 Å². The van der Waals surface area contributed by atoms with Crippen LogP contribution in [0.2, 0.25) is 0 Å². The number of ketones is 1. The highest BCUT2D eigenvalue weighted by Crippen LogP contribution is 2.22. The Morgan fingerprint density at radius 3 is 2.35 bits per heavy atom. The first-order valence-corrected chi connectivity index (χ1v) is 10.5. The van der Waals surface area contributed by atoms with Crippen LogP contribution in [-0.4, -0.2) is 68.6 Å². The van der Waals surface area contributed by atoms with Crippen molar-refractivity contribution in [3.8, 4) is 0 Å². The van der Waals surface area contributed by atoms with Gasteiger partial charge >= 0.3 is 5.97 Å². The van der Waals surface area contributed by atoms with E-state index >= 15 is 0 Å². The molecular weight excluding hydrogens is 358 g/mol. The van der Waals surface area contributed by atoms with Gasteiger partial charge in [0.25, 0.3) is 0 Å². The molecule has 0 radical (unpaired) electrons. The summed E-state index contributed by atoms with van der Waals surface area (Å²) in [4.78, 5) is 29.9. The lowest BCUT2D eigenvalue weighted by atomic mass is 10.00. The maximum absolute atomic E-state index is 12.9. The van der Waals surface area contributed by atoms with E-state index in [0.717, 1.165) is 6.26 Å². The third kappa shape index (κ3) is 4.52. The van der Waals surface area contributed by atoms with Crippen molar-refractivity contribution in [1.29, 1.82) is 0 Å². The normalized spacial score (nSPS) is 17.9. The molecule has 1 aliphatic rings. The highest BCUT2D eigenvalue weighted by atomic mass is 32.2. The third-order valence-corrected chi connectivity index (χ3v) is 5.67. The number of nitrogens with zero attached hydrogens (tertiary/aromatic N) is 1. The topological polar surface area (TPSA) is 109 Å². The highest BCUT2D eigenvalue weighted by molar-refractivity contribution is 7.88. The molecule has 1 atom stereocenters. The lowest BCUT2D eigenvalue weighted by Crippen LogP contribution is -2.49. The summed E-state index contributed by atoms with van der Waals surface area (Å²) in [5.74, 6) is -0.550. The van der Waals surface area contributed by atoms with Crippen LogP contribution in [0.1, 0.15) is 51.9 Å². The summed E-state index contributed by atoms with van der Waals surface area (Å²) in [6.45, 7) is 6.56. The Morgan fingerprint density at radius 2 is 1.85 bits per heavy atom. The Labute approximate surface area is 154 Å². The predicted octanol–water partition coefficient (Wildman–Crippen LogP) is 1.00. The van der Waals surface area contributed by atoms with Gasteiger partial charge in [0.1, 0.15) is 0 Å². The first kappa shape index (κ1) is 20.6. The zero-order valence-electron chi connectivity index (χ0n) is 15.9. The van der Waals surface area contributed by atoms with Crippen molar-refractivity contribution in [1.82, 2.24) is 14.6 Å². The van der Waals surface area contributed by atoms with E-state index in [0.29, 0.717) is 48.4 Å². The maximum atomic E-state index is 12.9. The van der Waals surface area contributed by atoms with Gasteiger partial charge in [-0.2, -0.15) is 0 Å². The summed E-state index contributed by atoms with van der Waals surface area (Å²) in [7, 11) is -1.91. The molecule has 0 unspecified atom stereocenters. The maximum Gasteiger partial charge on any atom is 0.339 e. The number of Topliss-reactive ketones (excluding diaryl/α,β-unsaturated/α-hetero) is 1. The molecule has 1 aromatic rings. The molecule has 1 aliphatic heterocycles. The van der Waals surface area contributed by atoms with E-state index in [-0.39, 0.29) is 17.9 Å². The number of hydrogen-bond acceptors (Lipinski definition) is 6. The predicted molar refractivity (Wildman–Crippen MR) is 98.0 cm³/mol. The molecule has 0 spiro atoms. The molecule has 0 bridgehead atoms. The minimum Gasteiger partial charge on any atom is -0.465 e. The number of likely N-dealkylation sites (tertiary alicyclic amines) is 1. The van der Waals surface area contributed by atoms with Crippen LogP contribution in [0.5, 0.6) is 0 Å². The molecule has 2 rings (SSSR count). The van der Waals surface area contributed by atoms with E-state index in [4.69, 9.17) is 4.74 Å². The van der Waals surface area contributed by atoms with Crippen LogP contribution in [-0.2, 0) is 14.8 Å². The van der Waals surface area contributed by atoms with E-state index in [1.807, 2.05) is 11.8 Å². The molecule has 0 saturated carbocycles. The summed E-state index contributed by atoms with van der Waals surface area (Å²) < 4.78 is 30.1. The first-order valence-electron chi connectivity index (χ1n) is 8.58. The molecule has 0 aliphatic carbocycles. The highest BCUT2D eigenvalue weighted by Gasteiger charge is 2.31. The van der Waals surface area contributed by atoms with Crippen LogP contribution in [0.3, 0.4) is 0 Å². The van der Waals surface area contributed by atoms with Gasteiger partial charge in [0.05, 0.1) is 30.7 Å². The fourth-order valence-corrected chi connectivity index (χ4v) is 4.33. The summed E-state index contributed by atoms with van der Waals surface area (Å²) >= 11 is 0. The smallest absolute Gasteiger partial charge is 0.339 e. The number of aryl methyl sites for hydroxylation is 1. The number of esters is 1. The molecule has 1 fully saturated rings. The lowest BCUT2D eigenvalue weighted by molar-refractivity contribution is 0.0599. The average Bonchev–Trinajstić information content (AvgIpc) is 2.86. The van der Waals surface area contributed by atoms with Gasteiger partial charge < -0.3 is 9.72 Å². The van der Waals surface area contributed by atoms with Crippen molar-refractivity contribution in [2.75, 3.05) is 26.5 Å². The van der Waals surface area contributed by atoms with Gasteiger partial charge in [-0.15, -0.1) is 0 Å². The van der Waals surface area contributed by atoms with Crippen molar-refractivity contribution in [2.24, 2.45) is 0 Å². The van der Waals surface area contributed by atoms with Crippen molar-refractivity contribution in [3.05, 3.63) is 22.5 Å². The molecule has 1 aromatic heterocycles. The number of methoxy groups -OCH3 is 1. The Hall–Kier alpha value is -1.71. The minimum absolute atomic E-state index is 0.0877. The van der Waals surface area contributed by atoms with Gasteiger partial charge in [0, 0.05) is 24.8 Å². The van der Waals surface area contributed by atoms with Crippen molar-refractivity contribution >= 4 is 21.8 Å². The second kappa shape index (κ2) is 7.89. The van der Waals surface area contributed by atoms with Crippen molar-refractivity contribution in [3.63, 3.8) is 0 Å². The summed E-state index contributed by atoms with van der Waals surface area (Å²) in [5, 5.41) is 0. The van der Waals surface area contributed by atoms with Crippen LogP contribution in [0.15, 0.2) is 0 Å². The molecule has 0 aromatic carbocycles. The van der Waals surface area contributed by atoms with Gasteiger partial charge in [-0.25, -0.2) is 17.9 Å². The van der Waals surface area contributed by atoms with Gasteiger partial charge in [-0.1, -0.05) is 0 Å². The monoisotopic (exact) mass is 385 g/mol. The van der Waals surface area contributed by atoms with Crippen molar-refractivity contribution < 1.29 is 22.7 Å². The van der Waals surface area contributed by atoms with Gasteiger partial charge in [0.2, 0.25) is 10.0 Å². The number of carbonyl (C=O) groups is 2. The van der Waals surface area contributed by atoms with Crippen LogP contribution >= 0.6 is 0 Å². The zero-order valence-corrected chi connectivity index (χ0v) is 16.7. The molecule has 9 heteroatoms. The number of aromatic amines is 1. The molecule has 2 heterocycles. The number of carbonyl (C=O) groups excluding carboxylic acids is 2. The molecule has 146 valence electrons.